The minimum atomic E-state index is -0.216. The molecule has 0 aliphatic heterocycles. The minimum absolute atomic E-state index is 0.0400. The zero-order valence-corrected chi connectivity index (χ0v) is 16.0. The van der Waals surface area contributed by atoms with Crippen LogP contribution in [0, 0.1) is 33.5 Å². The lowest BCUT2D eigenvalue weighted by Gasteiger charge is -2.31. The molecule has 4 fully saturated rings. The van der Waals surface area contributed by atoms with E-state index in [9.17, 15) is 9.59 Å². The van der Waals surface area contributed by atoms with Crippen LogP contribution >= 0.6 is 0 Å². The highest BCUT2D eigenvalue weighted by molar-refractivity contribution is 6.07. The molecular weight excluding hydrogens is 296 g/mol. The second-order valence-corrected chi connectivity index (χ2v) is 10.2. The summed E-state index contributed by atoms with van der Waals surface area (Å²) in [6.45, 7) is 13.2. The van der Waals surface area contributed by atoms with E-state index < -0.39 is 0 Å². The number of ketones is 2. The van der Waals surface area contributed by atoms with E-state index in [1.54, 1.807) is 0 Å². The molecule has 0 aromatic heterocycles. The Morgan fingerprint density at radius 2 is 1.04 bits per heavy atom. The van der Waals surface area contributed by atoms with Crippen LogP contribution < -0.4 is 0 Å². The summed E-state index contributed by atoms with van der Waals surface area (Å²) in [4.78, 5) is 25.9. The molecule has 4 aliphatic carbocycles. The average molecular weight is 326 g/mol. The molecule has 0 radical (unpaired) electrons. The van der Waals surface area contributed by atoms with Crippen LogP contribution in [0.15, 0.2) is 23.3 Å². The van der Waals surface area contributed by atoms with Gasteiger partial charge in [-0.1, -0.05) is 53.7 Å². The van der Waals surface area contributed by atoms with E-state index in [0.717, 1.165) is 36.8 Å². The highest BCUT2D eigenvalue weighted by atomic mass is 16.1. The van der Waals surface area contributed by atoms with Crippen molar-refractivity contribution in [2.75, 3.05) is 0 Å². The second kappa shape index (κ2) is 4.31. The first-order valence-corrected chi connectivity index (χ1v) is 9.50. The number of Topliss-reactive ketones (excluding diaryl/α,β-unsaturated/α-hetero) is 2. The Morgan fingerprint density at radius 1 is 0.708 bits per heavy atom. The van der Waals surface area contributed by atoms with Crippen LogP contribution in [-0.4, -0.2) is 11.6 Å². The summed E-state index contributed by atoms with van der Waals surface area (Å²) in [5.74, 6) is 1.34. The zero-order valence-electron chi connectivity index (χ0n) is 16.0. The fourth-order valence-corrected chi connectivity index (χ4v) is 6.42. The molecular formula is C22H30O2. The maximum Gasteiger partial charge on any atom is 0.165 e. The molecule has 0 aromatic carbocycles. The molecule has 130 valence electrons. The van der Waals surface area contributed by atoms with E-state index in [0.29, 0.717) is 23.4 Å². The van der Waals surface area contributed by atoms with E-state index in [1.165, 1.54) is 0 Å². The largest absolute Gasteiger partial charge is 0.294 e. The van der Waals surface area contributed by atoms with Gasteiger partial charge in [0.25, 0.3) is 0 Å². The lowest BCUT2D eigenvalue weighted by molar-refractivity contribution is -0.126. The van der Waals surface area contributed by atoms with Gasteiger partial charge in [-0.15, -0.1) is 0 Å². The third-order valence-corrected chi connectivity index (χ3v) is 9.17. The predicted molar refractivity (Wildman–Crippen MR) is 95.4 cm³/mol. The van der Waals surface area contributed by atoms with E-state index in [-0.39, 0.29) is 21.7 Å². The molecule has 0 heterocycles. The van der Waals surface area contributed by atoms with Crippen molar-refractivity contribution in [3.05, 3.63) is 23.3 Å². The Labute approximate surface area is 145 Å². The molecule has 4 atom stereocenters. The summed E-state index contributed by atoms with van der Waals surface area (Å²) < 4.78 is 0. The summed E-state index contributed by atoms with van der Waals surface area (Å²) in [6, 6.07) is 0. The third-order valence-electron chi connectivity index (χ3n) is 9.17. The number of hydrogen-bond donors (Lipinski definition) is 0. The van der Waals surface area contributed by atoms with Gasteiger partial charge >= 0.3 is 0 Å². The molecule has 2 nitrogen and oxygen atoms in total. The van der Waals surface area contributed by atoms with Crippen molar-refractivity contribution in [1.82, 2.24) is 0 Å². The molecule has 0 aromatic rings. The summed E-state index contributed by atoms with van der Waals surface area (Å²) in [6.07, 6.45) is 8.25. The normalized spacial score (nSPS) is 48.2. The fourth-order valence-electron chi connectivity index (χ4n) is 6.42. The summed E-state index contributed by atoms with van der Waals surface area (Å²) >= 11 is 0. The quantitative estimate of drug-likeness (QED) is 0.643. The smallest absolute Gasteiger partial charge is 0.165 e. The molecule has 4 aliphatic rings. The number of carbonyl (C=O) groups is 2. The van der Waals surface area contributed by atoms with Crippen LogP contribution in [0.25, 0.3) is 0 Å². The lowest BCUT2D eigenvalue weighted by Crippen LogP contribution is -2.32. The molecule has 0 N–H and O–H groups in total. The van der Waals surface area contributed by atoms with Gasteiger partial charge in [-0.25, -0.2) is 0 Å². The molecule has 0 amide bonds. The molecule has 4 rings (SSSR count). The van der Waals surface area contributed by atoms with Gasteiger partial charge in [0.15, 0.2) is 11.6 Å². The molecule has 24 heavy (non-hydrogen) atoms. The van der Waals surface area contributed by atoms with Gasteiger partial charge in [0.1, 0.15) is 0 Å². The van der Waals surface area contributed by atoms with Gasteiger partial charge in [-0.3, -0.25) is 9.59 Å². The van der Waals surface area contributed by atoms with Crippen LogP contribution in [0.1, 0.15) is 67.2 Å². The molecule has 4 bridgehead atoms. The summed E-state index contributed by atoms with van der Waals surface area (Å²) in [5, 5.41) is 0. The minimum Gasteiger partial charge on any atom is -0.294 e. The number of rotatable bonds is 1. The van der Waals surface area contributed by atoms with Crippen molar-refractivity contribution < 1.29 is 9.59 Å². The van der Waals surface area contributed by atoms with Gasteiger partial charge in [-0.2, -0.15) is 0 Å². The Morgan fingerprint density at radius 3 is 1.29 bits per heavy atom. The van der Waals surface area contributed by atoms with Crippen molar-refractivity contribution >= 4 is 11.6 Å². The van der Waals surface area contributed by atoms with E-state index in [2.05, 4.69) is 41.5 Å². The number of fused-ring (bicyclic) bond motifs is 4. The van der Waals surface area contributed by atoms with Crippen molar-refractivity contribution in [3.8, 4) is 0 Å². The first-order chi connectivity index (χ1) is 11.0. The van der Waals surface area contributed by atoms with Crippen LogP contribution in [0.2, 0.25) is 0 Å². The number of carbonyl (C=O) groups excluding carboxylic acids is 2. The van der Waals surface area contributed by atoms with Gasteiger partial charge in [0.05, 0.1) is 0 Å². The van der Waals surface area contributed by atoms with Crippen molar-refractivity contribution in [3.63, 3.8) is 0 Å². The topological polar surface area (TPSA) is 34.1 Å². The van der Waals surface area contributed by atoms with Crippen LogP contribution in [0.4, 0.5) is 0 Å². The maximum absolute atomic E-state index is 13.0. The first-order valence-electron chi connectivity index (χ1n) is 9.50. The monoisotopic (exact) mass is 326 g/mol. The van der Waals surface area contributed by atoms with Gasteiger partial charge in [0.2, 0.25) is 0 Å². The predicted octanol–water partition coefficient (Wildman–Crippen LogP) is 4.89. The Balaban J connectivity index is 1.74. The van der Waals surface area contributed by atoms with Crippen LogP contribution in [-0.2, 0) is 9.59 Å². The number of allylic oxidation sites excluding steroid dienone is 4. The maximum atomic E-state index is 13.0. The molecule has 2 heteroatoms. The van der Waals surface area contributed by atoms with Crippen molar-refractivity contribution in [2.24, 2.45) is 33.5 Å². The standard InChI is InChI=1S/C22H30O2/c1-19(2)15-9-11-21(19,5)17(23)13(15)7-8-14-16-10-12-22(6,18(14)24)20(16,3)4/h7-8,15-16H,9-12H2,1-6H3/b13-7-,14-8+/t15-,16+,21-,22+/m1/s1. The van der Waals surface area contributed by atoms with E-state index >= 15 is 0 Å². The Hall–Kier alpha value is -1.18. The SMILES string of the molecule is CC1(C)[C@H]2CC[C@@]1(C)C(=O)/C2=C/C=C1\C(=O)[C@@]2(C)CC[C@H]1C2(C)C. The van der Waals surface area contributed by atoms with Gasteiger partial charge < -0.3 is 0 Å². The van der Waals surface area contributed by atoms with Gasteiger partial charge in [0, 0.05) is 10.8 Å². The van der Waals surface area contributed by atoms with Gasteiger partial charge in [-0.05, 0) is 59.5 Å². The second-order valence-electron chi connectivity index (χ2n) is 10.2. The van der Waals surface area contributed by atoms with E-state index in [1.807, 2.05) is 12.2 Å². The third kappa shape index (κ3) is 1.50. The Kier molecular flexibility index (Phi) is 2.93. The zero-order chi connectivity index (χ0) is 17.7. The summed E-state index contributed by atoms with van der Waals surface area (Å²) in [5.41, 5.74) is 1.59. The van der Waals surface area contributed by atoms with Crippen LogP contribution in [0.5, 0.6) is 0 Å². The average Bonchev–Trinajstić information content (AvgIpc) is 2.97. The molecule has 0 spiro atoms. The molecule has 0 unspecified atom stereocenters. The summed E-state index contributed by atoms with van der Waals surface area (Å²) in [7, 11) is 0. The molecule has 4 saturated carbocycles. The fraction of sp³-hybridized carbons (Fsp3) is 0.727. The lowest BCUT2D eigenvalue weighted by atomic mass is 9.70. The number of hydrogen-bond acceptors (Lipinski definition) is 2. The highest BCUT2D eigenvalue weighted by Gasteiger charge is 2.65. The van der Waals surface area contributed by atoms with E-state index in [4.69, 9.17) is 0 Å². The first kappa shape index (κ1) is 16.3. The van der Waals surface area contributed by atoms with Crippen molar-refractivity contribution in [2.45, 2.75) is 67.2 Å². The van der Waals surface area contributed by atoms with Crippen molar-refractivity contribution in [1.29, 1.82) is 0 Å². The highest BCUT2D eigenvalue weighted by Crippen LogP contribution is 2.67. The Bertz CT molecular complexity index is 658. The van der Waals surface area contributed by atoms with Crippen LogP contribution in [0.3, 0.4) is 0 Å². The molecule has 0 saturated heterocycles.